The lowest BCUT2D eigenvalue weighted by Crippen LogP contribution is -2.33. The highest BCUT2D eigenvalue weighted by molar-refractivity contribution is 6.32. The van der Waals surface area contributed by atoms with E-state index in [1.54, 1.807) is 0 Å². The van der Waals surface area contributed by atoms with Gasteiger partial charge in [-0.2, -0.15) is 0 Å². The molecule has 1 atom stereocenters. The Morgan fingerprint density at radius 3 is 2.53 bits per heavy atom. The lowest BCUT2D eigenvalue weighted by Gasteiger charge is -2.28. The van der Waals surface area contributed by atoms with Crippen LogP contribution in [0.4, 0.5) is 5.69 Å². The maximum Gasteiger partial charge on any atom is 0.113 e. The summed E-state index contributed by atoms with van der Waals surface area (Å²) in [5.41, 5.74) is 2.65. The van der Waals surface area contributed by atoms with Crippen molar-refractivity contribution in [1.29, 1.82) is 0 Å². The van der Waals surface area contributed by atoms with Crippen molar-refractivity contribution in [2.75, 3.05) is 18.0 Å². The molecule has 0 aromatic heterocycles. The summed E-state index contributed by atoms with van der Waals surface area (Å²) in [4.78, 5) is 2.43. The standard InChI is InChI=1S/C14H19BN2/c1-2-17(12-6-4-11(15)5-7-12)10-13-14(16-13)8-3-9-14/h4-7,13,16H,2-3,8-10H2,1H3. The summed E-state index contributed by atoms with van der Waals surface area (Å²) in [5, 5.41) is 3.66. The summed E-state index contributed by atoms with van der Waals surface area (Å²) >= 11 is 0. The van der Waals surface area contributed by atoms with Gasteiger partial charge in [-0.3, -0.25) is 0 Å². The van der Waals surface area contributed by atoms with E-state index in [4.69, 9.17) is 7.85 Å². The van der Waals surface area contributed by atoms with Crippen LogP contribution in [0.25, 0.3) is 0 Å². The number of nitrogens with one attached hydrogen (secondary N) is 1. The van der Waals surface area contributed by atoms with Gasteiger partial charge in [0.05, 0.1) is 0 Å². The number of nitrogens with zero attached hydrogens (tertiary/aromatic N) is 1. The van der Waals surface area contributed by atoms with Gasteiger partial charge in [-0.25, -0.2) is 0 Å². The van der Waals surface area contributed by atoms with Gasteiger partial charge in [-0.15, -0.1) is 0 Å². The highest BCUT2D eigenvalue weighted by atomic mass is 15.3. The second-order valence-electron chi connectivity index (χ2n) is 5.34. The third-order valence-electron chi connectivity index (χ3n) is 4.33. The van der Waals surface area contributed by atoms with Crippen LogP contribution in [-0.4, -0.2) is 32.5 Å². The molecule has 2 nitrogen and oxygen atoms in total. The molecule has 1 spiro atoms. The van der Waals surface area contributed by atoms with E-state index < -0.39 is 0 Å². The maximum atomic E-state index is 5.72. The first kappa shape index (κ1) is 11.2. The minimum Gasteiger partial charge on any atom is -0.370 e. The number of anilines is 1. The fourth-order valence-electron chi connectivity index (χ4n) is 2.90. The van der Waals surface area contributed by atoms with Gasteiger partial charge in [0, 0.05) is 30.4 Å². The summed E-state index contributed by atoms with van der Waals surface area (Å²) in [6.45, 7) is 4.39. The first-order chi connectivity index (χ1) is 8.23. The van der Waals surface area contributed by atoms with E-state index in [9.17, 15) is 0 Å². The maximum absolute atomic E-state index is 5.72. The van der Waals surface area contributed by atoms with Crippen LogP contribution in [-0.2, 0) is 0 Å². The Labute approximate surface area is 105 Å². The van der Waals surface area contributed by atoms with E-state index in [0.717, 1.165) is 18.6 Å². The van der Waals surface area contributed by atoms with Crippen LogP contribution in [0.3, 0.4) is 0 Å². The molecule has 1 unspecified atom stereocenters. The molecule has 1 aromatic rings. The average Bonchev–Trinajstić information content (AvgIpc) is 3.02. The Kier molecular flexibility index (Phi) is 2.66. The molecule has 1 aromatic carbocycles. The highest BCUT2D eigenvalue weighted by Gasteiger charge is 2.57. The van der Waals surface area contributed by atoms with Crippen LogP contribution in [0.15, 0.2) is 24.3 Å². The zero-order chi connectivity index (χ0) is 11.9. The van der Waals surface area contributed by atoms with E-state index >= 15 is 0 Å². The third-order valence-corrected chi connectivity index (χ3v) is 4.33. The molecule has 2 fully saturated rings. The second kappa shape index (κ2) is 4.06. The first-order valence-electron chi connectivity index (χ1n) is 6.62. The quantitative estimate of drug-likeness (QED) is 0.616. The largest absolute Gasteiger partial charge is 0.370 e. The second-order valence-corrected chi connectivity index (χ2v) is 5.34. The monoisotopic (exact) mass is 226 g/mol. The Morgan fingerprint density at radius 2 is 2.06 bits per heavy atom. The van der Waals surface area contributed by atoms with Crippen LogP contribution in [0.1, 0.15) is 26.2 Å². The number of rotatable bonds is 4. The van der Waals surface area contributed by atoms with Crippen molar-refractivity contribution in [3.63, 3.8) is 0 Å². The number of likely N-dealkylation sites (N-methyl/N-ethyl adjacent to an activating group) is 1. The van der Waals surface area contributed by atoms with Crippen molar-refractivity contribution in [3.05, 3.63) is 24.3 Å². The lowest BCUT2D eigenvalue weighted by atomic mass is 9.81. The predicted molar refractivity (Wildman–Crippen MR) is 73.2 cm³/mol. The van der Waals surface area contributed by atoms with E-state index in [-0.39, 0.29) is 0 Å². The van der Waals surface area contributed by atoms with Crippen molar-refractivity contribution in [3.8, 4) is 0 Å². The van der Waals surface area contributed by atoms with Crippen molar-refractivity contribution in [2.45, 2.75) is 37.8 Å². The summed E-state index contributed by atoms with van der Waals surface area (Å²) in [7, 11) is 5.72. The molecule has 1 aliphatic heterocycles. The minimum absolute atomic E-state index is 0.529. The summed E-state index contributed by atoms with van der Waals surface area (Å²) in [6.07, 6.45) is 4.14. The van der Waals surface area contributed by atoms with Gasteiger partial charge in [-0.05, 0) is 38.3 Å². The molecule has 2 aliphatic rings. The van der Waals surface area contributed by atoms with E-state index in [2.05, 4.69) is 29.3 Å². The summed E-state index contributed by atoms with van der Waals surface area (Å²) in [6, 6.07) is 8.91. The van der Waals surface area contributed by atoms with E-state index in [1.807, 2.05) is 12.1 Å². The molecule has 17 heavy (non-hydrogen) atoms. The number of hydrogen-bond acceptors (Lipinski definition) is 2. The molecule has 1 aliphatic carbocycles. The number of hydrogen-bond donors (Lipinski definition) is 1. The average molecular weight is 226 g/mol. The zero-order valence-corrected chi connectivity index (χ0v) is 10.4. The molecule has 3 rings (SSSR count). The Hall–Kier alpha value is -0.955. The summed E-state index contributed by atoms with van der Waals surface area (Å²) < 4.78 is 0. The minimum atomic E-state index is 0.529. The van der Waals surface area contributed by atoms with Gasteiger partial charge >= 0.3 is 0 Å². The van der Waals surface area contributed by atoms with E-state index in [0.29, 0.717) is 11.6 Å². The summed E-state index contributed by atoms with van der Waals surface area (Å²) in [5.74, 6) is 0. The molecule has 0 amide bonds. The van der Waals surface area contributed by atoms with Gasteiger partial charge in [0.2, 0.25) is 0 Å². The first-order valence-corrected chi connectivity index (χ1v) is 6.62. The van der Waals surface area contributed by atoms with Crippen molar-refractivity contribution < 1.29 is 0 Å². The topological polar surface area (TPSA) is 25.2 Å². The molecule has 1 saturated carbocycles. The van der Waals surface area contributed by atoms with Crippen LogP contribution in [0.2, 0.25) is 0 Å². The van der Waals surface area contributed by atoms with Crippen LogP contribution in [0.5, 0.6) is 0 Å². The number of benzene rings is 1. The molecule has 1 saturated heterocycles. The molecular formula is C14H19BN2. The zero-order valence-electron chi connectivity index (χ0n) is 10.4. The van der Waals surface area contributed by atoms with E-state index in [1.165, 1.54) is 24.9 Å². The molecule has 88 valence electrons. The van der Waals surface area contributed by atoms with Gasteiger partial charge in [0.25, 0.3) is 0 Å². The van der Waals surface area contributed by atoms with Gasteiger partial charge in [-0.1, -0.05) is 17.6 Å². The predicted octanol–water partition coefficient (Wildman–Crippen LogP) is 1.20. The molecule has 0 bridgehead atoms. The molecular weight excluding hydrogens is 207 g/mol. The molecule has 3 heteroatoms. The van der Waals surface area contributed by atoms with Gasteiger partial charge < -0.3 is 10.2 Å². The van der Waals surface area contributed by atoms with Gasteiger partial charge in [0.1, 0.15) is 7.85 Å². The van der Waals surface area contributed by atoms with Crippen molar-refractivity contribution in [1.82, 2.24) is 5.32 Å². The smallest absolute Gasteiger partial charge is 0.113 e. The van der Waals surface area contributed by atoms with Crippen molar-refractivity contribution in [2.24, 2.45) is 0 Å². The third kappa shape index (κ3) is 1.97. The van der Waals surface area contributed by atoms with Crippen LogP contribution >= 0.6 is 0 Å². The highest BCUT2D eigenvalue weighted by Crippen LogP contribution is 2.45. The molecule has 1 heterocycles. The Morgan fingerprint density at radius 1 is 1.35 bits per heavy atom. The van der Waals surface area contributed by atoms with Crippen LogP contribution < -0.4 is 15.7 Å². The lowest BCUT2D eigenvalue weighted by molar-refractivity contribution is 0.363. The fourth-order valence-corrected chi connectivity index (χ4v) is 2.90. The Bertz CT molecular complexity index is 397. The fraction of sp³-hybridized carbons (Fsp3) is 0.571. The molecule has 1 N–H and O–H groups in total. The Balaban J connectivity index is 1.65. The van der Waals surface area contributed by atoms with Crippen LogP contribution in [0, 0.1) is 0 Å². The SMILES string of the molecule is [B]c1ccc(N(CC)CC2NC23CCC3)cc1. The van der Waals surface area contributed by atoms with Crippen molar-refractivity contribution >= 4 is 19.0 Å². The molecule has 2 radical (unpaired) electrons. The van der Waals surface area contributed by atoms with Gasteiger partial charge in [0.15, 0.2) is 0 Å². The normalized spacial score (nSPS) is 24.4.